The highest BCUT2D eigenvalue weighted by atomic mass is 35.5. The highest BCUT2D eigenvalue weighted by molar-refractivity contribution is 7.89. The fourth-order valence-corrected chi connectivity index (χ4v) is 5.23. The number of benzene rings is 1. The zero-order chi connectivity index (χ0) is 20.7. The molecule has 0 aromatic heterocycles. The Labute approximate surface area is 167 Å². The van der Waals surface area contributed by atoms with Crippen LogP contribution in [0, 0.1) is 5.92 Å². The molecule has 1 atom stereocenters. The van der Waals surface area contributed by atoms with Gasteiger partial charge in [0.1, 0.15) is 6.54 Å². The van der Waals surface area contributed by atoms with Crippen molar-refractivity contribution in [3.63, 3.8) is 0 Å². The molecule has 10 heteroatoms. The summed E-state index contributed by atoms with van der Waals surface area (Å²) in [6, 6.07) is 3.03. The molecule has 1 amide bonds. The molecule has 0 radical (unpaired) electrons. The summed E-state index contributed by atoms with van der Waals surface area (Å²) in [5.74, 6) is -0.887. The maximum Gasteiger partial charge on any atom is 0.406 e. The monoisotopic (exact) mass is 438 g/mol. The number of carbonyl (C=O) groups is 1. The van der Waals surface area contributed by atoms with Gasteiger partial charge in [0.2, 0.25) is 10.0 Å². The van der Waals surface area contributed by atoms with Crippen molar-refractivity contribution in [3.8, 4) is 0 Å². The summed E-state index contributed by atoms with van der Waals surface area (Å²) in [6.45, 7) is 0.948. The number of sulfonamides is 1. The smallest absolute Gasteiger partial charge is 0.327 e. The molecule has 1 aliphatic heterocycles. The molecule has 1 heterocycles. The number of nitrogens with zero attached hydrogens (tertiary/aromatic N) is 2. The Hall–Kier alpha value is -1.32. The van der Waals surface area contributed by atoms with Crippen molar-refractivity contribution in [1.29, 1.82) is 0 Å². The van der Waals surface area contributed by atoms with Crippen molar-refractivity contribution in [2.24, 2.45) is 5.92 Å². The fourth-order valence-electron chi connectivity index (χ4n) is 3.49. The lowest BCUT2D eigenvalue weighted by molar-refractivity contribution is -0.144. The van der Waals surface area contributed by atoms with E-state index in [9.17, 15) is 26.4 Å². The quantitative estimate of drug-likeness (QED) is 0.676. The molecule has 2 fully saturated rings. The Morgan fingerprint density at radius 3 is 2.43 bits per heavy atom. The van der Waals surface area contributed by atoms with Crippen molar-refractivity contribution >= 4 is 27.5 Å². The van der Waals surface area contributed by atoms with Crippen molar-refractivity contribution < 1.29 is 26.4 Å². The largest absolute Gasteiger partial charge is 0.406 e. The average molecular weight is 439 g/mol. The number of alkyl halides is 3. The minimum atomic E-state index is -4.56. The molecule has 0 unspecified atom stereocenters. The first-order valence-electron chi connectivity index (χ1n) is 9.18. The molecule has 0 bridgehead atoms. The molecular formula is C18H22ClF3N2O3S. The topological polar surface area (TPSA) is 57.7 Å². The van der Waals surface area contributed by atoms with Crippen molar-refractivity contribution in [1.82, 2.24) is 9.21 Å². The molecule has 2 aliphatic rings. The van der Waals surface area contributed by atoms with E-state index in [1.807, 2.05) is 0 Å². The van der Waals surface area contributed by atoms with Crippen LogP contribution in [0.3, 0.4) is 0 Å². The van der Waals surface area contributed by atoms with Crippen LogP contribution in [0.15, 0.2) is 23.1 Å². The second-order valence-corrected chi connectivity index (χ2v) is 9.72. The zero-order valence-corrected chi connectivity index (χ0v) is 16.9. The Morgan fingerprint density at radius 2 is 1.89 bits per heavy atom. The SMILES string of the molecule is C[C@H](C1CC1)N(CC(F)(F)F)C(=O)c1cc(S(=O)(=O)N2CCCC2)ccc1Cl. The van der Waals surface area contributed by atoms with Crippen LogP contribution in [0.2, 0.25) is 5.02 Å². The van der Waals surface area contributed by atoms with Gasteiger partial charge in [0.05, 0.1) is 15.5 Å². The number of carbonyl (C=O) groups excluding carboxylic acids is 1. The second-order valence-electron chi connectivity index (χ2n) is 7.38. The normalized spacial score (nSPS) is 19.6. The van der Waals surface area contributed by atoms with E-state index >= 15 is 0 Å². The Kier molecular flexibility index (Phi) is 5.99. The molecule has 1 aromatic carbocycles. The number of rotatable bonds is 6. The summed E-state index contributed by atoms with van der Waals surface area (Å²) in [7, 11) is -3.81. The lowest BCUT2D eigenvalue weighted by atomic mass is 10.1. The Bertz CT molecular complexity index is 850. The van der Waals surface area contributed by atoms with E-state index in [4.69, 9.17) is 11.6 Å². The molecule has 1 saturated carbocycles. The third-order valence-corrected chi connectivity index (χ3v) is 7.50. The van der Waals surface area contributed by atoms with E-state index in [0.717, 1.165) is 36.6 Å². The summed E-state index contributed by atoms with van der Waals surface area (Å²) in [4.78, 5) is 13.6. The standard InChI is InChI=1S/C18H22ClF3N2O3S/c1-12(13-4-5-13)24(11-18(20,21)22)17(25)15-10-14(6-7-16(15)19)28(26,27)23-8-2-3-9-23/h6-7,10,12-13H,2-5,8-9,11H2,1H3/t12-/m1/s1. The van der Waals surface area contributed by atoms with Gasteiger partial charge in [0.25, 0.3) is 5.91 Å². The summed E-state index contributed by atoms with van der Waals surface area (Å²) in [5.41, 5.74) is -0.223. The van der Waals surface area contributed by atoms with Gasteiger partial charge >= 0.3 is 6.18 Å². The summed E-state index contributed by atoms with van der Waals surface area (Å²) in [6.07, 6.45) is -1.54. The van der Waals surface area contributed by atoms with Gasteiger partial charge in [-0.3, -0.25) is 4.79 Å². The molecule has 28 heavy (non-hydrogen) atoms. The molecule has 5 nitrogen and oxygen atoms in total. The van der Waals surface area contributed by atoms with Gasteiger partial charge in [-0.2, -0.15) is 17.5 Å². The molecular weight excluding hydrogens is 417 g/mol. The maximum absolute atomic E-state index is 13.1. The minimum Gasteiger partial charge on any atom is -0.327 e. The molecule has 3 rings (SSSR count). The minimum absolute atomic E-state index is 0.0154. The predicted molar refractivity (Wildman–Crippen MR) is 98.7 cm³/mol. The van der Waals surface area contributed by atoms with Crippen LogP contribution in [0.25, 0.3) is 0 Å². The number of halogens is 4. The molecule has 156 valence electrons. The van der Waals surface area contributed by atoms with E-state index in [0.29, 0.717) is 13.1 Å². The van der Waals surface area contributed by atoms with E-state index in [-0.39, 0.29) is 21.4 Å². The summed E-state index contributed by atoms with van der Waals surface area (Å²) < 4.78 is 66.0. The highest BCUT2D eigenvalue weighted by Gasteiger charge is 2.41. The van der Waals surface area contributed by atoms with Gasteiger partial charge < -0.3 is 4.90 Å². The van der Waals surface area contributed by atoms with Gasteiger partial charge in [-0.05, 0) is 56.7 Å². The van der Waals surface area contributed by atoms with Crippen LogP contribution >= 0.6 is 11.6 Å². The van der Waals surface area contributed by atoms with Gasteiger partial charge in [-0.1, -0.05) is 11.6 Å². The molecule has 0 spiro atoms. The Balaban J connectivity index is 1.95. The van der Waals surface area contributed by atoms with Gasteiger partial charge in [-0.25, -0.2) is 8.42 Å². The van der Waals surface area contributed by atoms with Crippen LogP contribution in [0.4, 0.5) is 13.2 Å². The number of hydrogen-bond donors (Lipinski definition) is 0. The first kappa shape index (κ1) is 21.4. The van der Waals surface area contributed by atoms with E-state index in [1.165, 1.54) is 16.4 Å². The average Bonchev–Trinajstić information content (AvgIpc) is 3.31. The molecule has 1 aliphatic carbocycles. The van der Waals surface area contributed by atoms with Crippen LogP contribution in [0.5, 0.6) is 0 Å². The molecule has 1 saturated heterocycles. The van der Waals surface area contributed by atoms with Crippen LogP contribution in [0.1, 0.15) is 43.0 Å². The van der Waals surface area contributed by atoms with Gasteiger partial charge in [-0.15, -0.1) is 0 Å². The first-order valence-corrected chi connectivity index (χ1v) is 11.0. The third kappa shape index (κ3) is 4.63. The number of amides is 1. The summed E-state index contributed by atoms with van der Waals surface area (Å²) in [5, 5.41) is -0.0689. The lowest BCUT2D eigenvalue weighted by Crippen LogP contribution is -2.45. The van der Waals surface area contributed by atoms with Crippen LogP contribution in [-0.2, 0) is 10.0 Å². The van der Waals surface area contributed by atoms with E-state index < -0.39 is 34.7 Å². The Morgan fingerprint density at radius 1 is 1.29 bits per heavy atom. The summed E-state index contributed by atoms with van der Waals surface area (Å²) >= 11 is 6.08. The van der Waals surface area contributed by atoms with E-state index in [1.54, 1.807) is 6.92 Å². The van der Waals surface area contributed by atoms with Gasteiger partial charge in [0.15, 0.2) is 0 Å². The first-order chi connectivity index (χ1) is 13.0. The third-order valence-electron chi connectivity index (χ3n) is 5.28. The maximum atomic E-state index is 13.1. The molecule has 0 N–H and O–H groups in total. The van der Waals surface area contributed by atoms with Gasteiger partial charge in [0, 0.05) is 19.1 Å². The predicted octanol–water partition coefficient (Wildman–Crippen LogP) is 3.93. The van der Waals surface area contributed by atoms with E-state index in [2.05, 4.69) is 0 Å². The van der Waals surface area contributed by atoms with Crippen LogP contribution in [-0.4, -0.2) is 55.4 Å². The number of hydrogen-bond acceptors (Lipinski definition) is 3. The second kappa shape index (κ2) is 7.84. The highest BCUT2D eigenvalue weighted by Crippen LogP contribution is 2.37. The van der Waals surface area contributed by atoms with Crippen LogP contribution < -0.4 is 0 Å². The fraction of sp³-hybridized carbons (Fsp3) is 0.611. The molecule has 1 aromatic rings. The zero-order valence-electron chi connectivity index (χ0n) is 15.4. The van der Waals surface area contributed by atoms with Crippen molar-refractivity contribution in [2.45, 2.75) is 49.7 Å². The van der Waals surface area contributed by atoms with Crippen molar-refractivity contribution in [3.05, 3.63) is 28.8 Å². The van der Waals surface area contributed by atoms with Crippen molar-refractivity contribution in [2.75, 3.05) is 19.6 Å². The lowest BCUT2D eigenvalue weighted by Gasteiger charge is -2.30.